The maximum Gasteiger partial charge on any atom is 0.469 e. The van der Waals surface area contributed by atoms with Crippen molar-refractivity contribution in [1.29, 1.82) is 0 Å². The van der Waals surface area contributed by atoms with Crippen molar-refractivity contribution in [3.63, 3.8) is 0 Å². The molecule has 190 valence electrons. The molecular weight excluding hydrogens is 478 g/mol. The fraction of sp³-hybridized carbons (Fsp3) is 0.455. The van der Waals surface area contributed by atoms with Crippen molar-refractivity contribution < 1.29 is 46.6 Å². The summed E-state index contributed by atoms with van der Waals surface area (Å²) in [5.41, 5.74) is 4.69. The van der Waals surface area contributed by atoms with Crippen LogP contribution in [0.3, 0.4) is 0 Å². The summed E-state index contributed by atoms with van der Waals surface area (Å²) < 4.78 is 66.5. The lowest BCUT2D eigenvalue weighted by molar-refractivity contribution is -0.139. The first-order chi connectivity index (χ1) is 15.8. The Kier molecular flexibility index (Phi) is 9.93. The molecule has 2 rings (SSSR count). The van der Waals surface area contributed by atoms with E-state index in [-0.39, 0.29) is 30.8 Å². The second kappa shape index (κ2) is 12.0. The second-order valence-electron chi connectivity index (χ2n) is 7.91. The maximum atomic E-state index is 13.6. The molecule has 1 unspecified atom stereocenters. The maximum absolute atomic E-state index is 13.6. The molecule has 0 heterocycles. The fourth-order valence-corrected chi connectivity index (χ4v) is 3.56. The molecule has 0 aliphatic rings. The fourth-order valence-electron chi connectivity index (χ4n) is 3.13. The third-order valence-electron chi connectivity index (χ3n) is 5.12. The van der Waals surface area contributed by atoms with Gasteiger partial charge in [0.1, 0.15) is 11.5 Å². The zero-order valence-electron chi connectivity index (χ0n) is 18.6. The zero-order chi connectivity index (χ0) is 25.4. The molecule has 0 saturated carbocycles. The molecule has 0 aromatic heterocycles. The number of rotatable bonds is 13. The molecule has 2 aromatic carbocycles. The lowest BCUT2D eigenvalue weighted by Crippen LogP contribution is -2.48. The van der Waals surface area contributed by atoms with Gasteiger partial charge in [0.05, 0.1) is 38.0 Å². The number of phosphoric ester groups is 1. The summed E-state index contributed by atoms with van der Waals surface area (Å²) in [6.07, 6.45) is -3.57. The average Bonchev–Trinajstić information content (AvgIpc) is 2.79. The Balaban J connectivity index is 2.00. The Morgan fingerprint density at radius 2 is 1.68 bits per heavy atom. The Morgan fingerprint density at radius 1 is 1.03 bits per heavy atom. The van der Waals surface area contributed by atoms with Gasteiger partial charge in [-0.15, -0.1) is 0 Å². The van der Waals surface area contributed by atoms with Gasteiger partial charge in [-0.25, -0.2) is 4.57 Å². The highest BCUT2D eigenvalue weighted by molar-refractivity contribution is 7.46. The molecule has 0 radical (unpaired) electrons. The first kappa shape index (κ1) is 28.1. The van der Waals surface area contributed by atoms with Gasteiger partial charge in [-0.3, -0.25) is 4.52 Å². The van der Waals surface area contributed by atoms with Crippen molar-refractivity contribution in [2.24, 2.45) is 5.73 Å². The smallest absolute Gasteiger partial charge is 0.469 e. The van der Waals surface area contributed by atoms with Crippen molar-refractivity contribution in [3.8, 4) is 11.5 Å². The Bertz CT molecular complexity index is 966. The number of benzene rings is 2. The number of nitrogens with two attached hydrogens (primary N) is 1. The van der Waals surface area contributed by atoms with Gasteiger partial charge in [0.2, 0.25) is 0 Å². The average molecular weight is 507 g/mol. The van der Waals surface area contributed by atoms with E-state index in [1.807, 2.05) is 24.3 Å². The van der Waals surface area contributed by atoms with Gasteiger partial charge in [-0.2, -0.15) is 13.2 Å². The Morgan fingerprint density at radius 3 is 2.24 bits per heavy atom. The minimum atomic E-state index is -4.81. The van der Waals surface area contributed by atoms with Gasteiger partial charge in [0, 0.05) is 0 Å². The molecule has 8 nitrogen and oxygen atoms in total. The molecule has 2 aromatic rings. The van der Waals surface area contributed by atoms with Crippen LogP contribution in [0.4, 0.5) is 13.2 Å². The van der Waals surface area contributed by atoms with Crippen LogP contribution in [0.1, 0.15) is 29.5 Å². The predicted molar refractivity (Wildman–Crippen MR) is 119 cm³/mol. The summed E-state index contributed by atoms with van der Waals surface area (Å²) in [4.78, 5) is 17.6. The lowest BCUT2D eigenvalue weighted by atomic mass is 9.93. The summed E-state index contributed by atoms with van der Waals surface area (Å²) in [6, 6.07) is 11.0. The third-order valence-corrected chi connectivity index (χ3v) is 5.59. The highest BCUT2D eigenvalue weighted by atomic mass is 31.2. The molecule has 5 N–H and O–H groups in total. The van der Waals surface area contributed by atoms with Crippen molar-refractivity contribution in [2.75, 3.05) is 26.9 Å². The van der Waals surface area contributed by atoms with Gasteiger partial charge in [0.15, 0.2) is 0 Å². The van der Waals surface area contributed by atoms with Crippen molar-refractivity contribution in [2.45, 2.75) is 37.4 Å². The second-order valence-corrected chi connectivity index (χ2v) is 9.15. The van der Waals surface area contributed by atoms with Crippen molar-refractivity contribution in [3.05, 3.63) is 59.2 Å². The largest absolute Gasteiger partial charge is 0.497 e. The number of phosphoric acid groups is 1. The van der Waals surface area contributed by atoms with E-state index in [1.165, 1.54) is 12.1 Å². The van der Waals surface area contributed by atoms with Crippen LogP contribution in [0.2, 0.25) is 0 Å². The number of aryl methyl sites for hydroxylation is 2. The number of alkyl halides is 3. The van der Waals surface area contributed by atoms with Gasteiger partial charge < -0.3 is 30.1 Å². The number of methoxy groups -OCH3 is 1. The highest BCUT2D eigenvalue weighted by Crippen LogP contribution is 2.38. The van der Waals surface area contributed by atoms with Gasteiger partial charge in [-0.05, 0) is 61.1 Å². The number of halogens is 3. The van der Waals surface area contributed by atoms with Gasteiger partial charge in [-0.1, -0.05) is 18.2 Å². The van der Waals surface area contributed by atoms with Crippen LogP contribution in [0.5, 0.6) is 11.5 Å². The van der Waals surface area contributed by atoms with Gasteiger partial charge >= 0.3 is 14.0 Å². The molecule has 0 amide bonds. The first-order valence-corrected chi connectivity index (χ1v) is 11.9. The van der Waals surface area contributed by atoms with Crippen LogP contribution in [0, 0.1) is 0 Å². The summed E-state index contributed by atoms with van der Waals surface area (Å²) in [7, 11) is -3.24. The van der Waals surface area contributed by atoms with E-state index in [0.717, 1.165) is 17.4 Å². The van der Waals surface area contributed by atoms with E-state index < -0.39 is 38.3 Å². The molecule has 0 aliphatic carbocycles. The van der Waals surface area contributed by atoms with E-state index in [1.54, 1.807) is 7.11 Å². The Hall–Kier alpha value is -2.14. The summed E-state index contributed by atoms with van der Waals surface area (Å²) in [5, 5.41) is 9.45. The zero-order valence-corrected chi connectivity index (χ0v) is 19.5. The first-order valence-electron chi connectivity index (χ1n) is 10.4. The number of hydrogen-bond donors (Lipinski definition) is 4. The number of hydrogen-bond acceptors (Lipinski definition) is 6. The SMILES string of the molecule is COc1ccc(CCCOc2ccc(CCC(N)(CO)COP(=O)(O)O)cc2C(F)(F)F)cc1. The minimum absolute atomic E-state index is 0.0163. The molecular formula is C22H29F3NO7P. The van der Waals surface area contributed by atoms with Crippen LogP contribution in [0.25, 0.3) is 0 Å². The van der Waals surface area contributed by atoms with Crippen LogP contribution in [0.15, 0.2) is 42.5 Å². The number of aliphatic hydroxyl groups is 1. The normalized spacial score (nSPS) is 14.0. The Labute approximate surface area is 195 Å². The van der Waals surface area contributed by atoms with E-state index in [9.17, 15) is 22.8 Å². The topological polar surface area (TPSA) is 131 Å². The lowest BCUT2D eigenvalue weighted by Gasteiger charge is -2.27. The molecule has 0 saturated heterocycles. The van der Waals surface area contributed by atoms with Crippen LogP contribution < -0.4 is 15.2 Å². The van der Waals surface area contributed by atoms with E-state index in [2.05, 4.69) is 4.52 Å². The molecule has 1 atom stereocenters. The minimum Gasteiger partial charge on any atom is -0.497 e. The van der Waals surface area contributed by atoms with Crippen molar-refractivity contribution >= 4 is 7.82 Å². The molecule has 12 heteroatoms. The standard InChI is InChI=1S/C22H29F3NO7P/c1-31-18-7-4-16(5-8-18)3-2-12-32-20-9-6-17(13-19(20)22(23,24)25)10-11-21(26,14-27)15-33-34(28,29)30/h4-9,13,27H,2-3,10-12,14-15,26H2,1H3,(H2,28,29,30). The van der Waals surface area contributed by atoms with E-state index in [4.69, 9.17) is 25.0 Å². The molecule has 0 bridgehead atoms. The third kappa shape index (κ3) is 9.25. The summed E-state index contributed by atoms with van der Waals surface area (Å²) in [5.74, 6) is 0.423. The highest BCUT2D eigenvalue weighted by Gasteiger charge is 2.35. The van der Waals surface area contributed by atoms with Crippen LogP contribution in [-0.4, -0.2) is 47.4 Å². The molecule has 0 aliphatic heterocycles. The number of ether oxygens (including phenoxy) is 2. The number of aliphatic hydroxyl groups excluding tert-OH is 1. The van der Waals surface area contributed by atoms with Crippen LogP contribution in [-0.2, 0) is 28.1 Å². The van der Waals surface area contributed by atoms with Crippen LogP contribution >= 0.6 is 7.82 Å². The predicted octanol–water partition coefficient (Wildman–Crippen LogP) is 3.46. The molecule has 34 heavy (non-hydrogen) atoms. The molecule has 0 fully saturated rings. The van der Waals surface area contributed by atoms with E-state index in [0.29, 0.717) is 12.8 Å². The van der Waals surface area contributed by atoms with E-state index >= 15 is 0 Å². The van der Waals surface area contributed by atoms with Crippen molar-refractivity contribution in [1.82, 2.24) is 0 Å². The summed E-state index contributed by atoms with van der Waals surface area (Å²) in [6.45, 7) is -1.24. The monoisotopic (exact) mass is 507 g/mol. The molecule has 0 spiro atoms. The van der Waals surface area contributed by atoms with Gasteiger partial charge in [0.25, 0.3) is 0 Å². The quantitative estimate of drug-likeness (QED) is 0.240. The summed E-state index contributed by atoms with van der Waals surface area (Å²) >= 11 is 0.